The summed E-state index contributed by atoms with van der Waals surface area (Å²) in [7, 11) is 0. The van der Waals surface area contributed by atoms with Crippen LogP contribution in [0.5, 0.6) is 0 Å². The van der Waals surface area contributed by atoms with Crippen LogP contribution in [-0.2, 0) is 20.7 Å². The summed E-state index contributed by atoms with van der Waals surface area (Å²) in [5.41, 5.74) is 1.32. The zero-order chi connectivity index (χ0) is 22.8. The molecule has 0 unspecified atom stereocenters. The molecule has 2 saturated heterocycles. The number of halogens is 2. The van der Waals surface area contributed by atoms with E-state index in [2.05, 4.69) is 5.32 Å². The molecule has 4 rings (SSSR count). The number of benzene rings is 2. The molecule has 2 aliphatic rings. The SMILES string of the molecule is CC(=O)NC[C@H]1CN(c2ccc(-c3ccc(N4CC[S+]([O-])CC4)c(F)c3)c(F)c2)C(=O)O1. The first-order valence-electron chi connectivity index (χ1n) is 10.2. The van der Waals surface area contributed by atoms with Gasteiger partial charge in [-0.2, -0.15) is 0 Å². The zero-order valence-electron chi connectivity index (χ0n) is 17.5. The fourth-order valence-electron chi connectivity index (χ4n) is 3.81. The monoisotopic (exact) mass is 463 g/mol. The molecule has 0 bridgehead atoms. The minimum atomic E-state index is -0.859. The molecule has 2 aromatic carbocycles. The molecule has 170 valence electrons. The Kier molecular flexibility index (Phi) is 6.52. The lowest BCUT2D eigenvalue weighted by Crippen LogP contribution is -2.40. The van der Waals surface area contributed by atoms with Gasteiger partial charge in [0.15, 0.2) is 0 Å². The standard InChI is InChI=1S/C22H23F2N3O4S/c1-14(28)25-12-17-13-27(22(29)31-17)16-3-4-18(19(23)11-16)15-2-5-21(20(24)10-15)26-6-8-32(30)9-7-26/h2-5,10-11,17H,6-9,12-13H2,1H3,(H,25,28)/t17-/m0/s1. The van der Waals surface area contributed by atoms with E-state index < -0.39 is 35.0 Å². The van der Waals surface area contributed by atoms with Gasteiger partial charge in [0.2, 0.25) is 5.91 Å². The number of rotatable bonds is 5. The molecule has 0 spiro atoms. The van der Waals surface area contributed by atoms with Gasteiger partial charge in [0, 0.05) is 12.5 Å². The third kappa shape index (κ3) is 4.81. The molecule has 7 nitrogen and oxygen atoms in total. The third-order valence-electron chi connectivity index (χ3n) is 5.49. The number of ether oxygens (including phenoxy) is 1. The number of hydrogen-bond acceptors (Lipinski definition) is 5. The van der Waals surface area contributed by atoms with Crippen LogP contribution in [0, 0.1) is 11.6 Å². The smallest absolute Gasteiger partial charge is 0.414 e. The summed E-state index contributed by atoms with van der Waals surface area (Å²) >= 11 is -0.859. The van der Waals surface area contributed by atoms with E-state index in [4.69, 9.17) is 4.74 Å². The van der Waals surface area contributed by atoms with Crippen LogP contribution in [0.4, 0.5) is 25.0 Å². The molecule has 0 aromatic heterocycles. The molecule has 32 heavy (non-hydrogen) atoms. The van der Waals surface area contributed by atoms with Crippen LogP contribution in [0.2, 0.25) is 0 Å². The molecule has 2 aromatic rings. The molecule has 1 atom stereocenters. The van der Waals surface area contributed by atoms with Crippen molar-refractivity contribution in [2.75, 3.05) is 47.5 Å². The van der Waals surface area contributed by atoms with Crippen molar-refractivity contribution in [3.05, 3.63) is 48.0 Å². The van der Waals surface area contributed by atoms with Crippen LogP contribution in [0.3, 0.4) is 0 Å². The minimum Gasteiger partial charge on any atom is -0.616 e. The van der Waals surface area contributed by atoms with Crippen LogP contribution in [0.25, 0.3) is 11.1 Å². The van der Waals surface area contributed by atoms with E-state index in [0.29, 0.717) is 41.5 Å². The van der Waals surface area contributed by atoms with Crippen molar-refractivity contribution in [1.82, 2.24) is 5.32 Å². The number of nitrogens with zero attached hydrogens (tertiary/aromatic N) is 2. The maximum absolute atomic E-state index is 14.9. The maximum Gasteiger partial charge on any atom is 0.414 e. The second-order valence-corrected chi connectivity index (χ2v) is 9.42. The summed E-state index contributed by atoms with van der Waals surface area (Å²) in [6.45, 7) is 2.76. The summed E-state index contributed by atoms with van der Waals surface area (Å²) in [4.78, 5) is 26.3. The van der Waals surface area contributed by atoms with Crippen molar-refractivity contribution in [1.29, 1.82) is 0 Å². The third-order valence-corrected chi connectivity index (χ3v) is 6.77. The summed E-state index contributed by atoms with van der Waals surface area (Å²) in [5, 5.41) is 2.59. The van der Waals surface area contributed by atoms with Gasteiger partial charge in [-0.3, -0.25) is 9.69 Å². The number of amides is 2. The first kappa shape index (κ1) is 22.3. The summed E-state index contributed by atoms with van der Waals surface area (Å²) in [6.07, 6.45) is -1.15. The number of anilines is 2. The van der Waals surface area contributed by atoms with Crippen LogP contribution in [-0.4, -0.2) is 60.3 Å². The molecule has 1 N–H and O–H groups in total. The Bertz CT molecular complexity index is 1030. The predicted octanol–water partition coefficient (Wildman–Crippen LogP) is 2.66. The molecular weight excluding hydrogens is 440 g/mol. The number of carbonyl (C=O) groups excluding carboxylic acids is 2. The van der Waals surface area contributed by atoms with E-state index in [1.807, 2.05) is 4.90 Å². The molecule has 2 fully saturated rings. The largest absolute Gasteiger partial charge is 0.616 e. The number of nitrogens with one attached hydrogen (secondary N) is 1. The molecule has 0 saturated carbocycles. The van der Waals surface area contributed by atoms with E-state index >= 15 is 0 Å². The zero-order valence-corrected chi connectivity index (χ0v) is 18.3. The van der Waals surface area contributed by atoms with Crippen LogP contribution in [0.1, 0.15) is 6.92 Å². The lowest BCUT2D eigenvalue weighted by Gasteiger charge is -2.30. The maximum atomic E-state index is 14.9. The predicted molar refractivity (Wildman–Crippen MR) is 118 cm³/mol. The highest BCUT2D eigenvalue weighted by atomic mass is 32.2. The highest BCUT2D eigenvalue weighted by molar-refractivity contribution is 7.91. The summed E-state index contributed by atoms with van der Waals surface area (Å²) in [5.74, 6) is -0.295. The lowest BCUT2D eigenvalue weighted by molar-refractivity contribution is -0.119. The Morgan fingerprint density at radius 2 is 1.94 bits per heavy atom. The minimum absolute atomic E-state index is 0.177. The second-order valence-electron chi connectivity index (χ2n) is 7.72. The molecule has 0 radical (unpaired) electrons. The Balaban J connectivity index is 1.49. The number of carbonyl (C=O) groups is 2. The quantitative estimate of drug-likeness (QED) is 0.690. The molecule has 0 aliphatic carbocycles. The van der Waals surface area contributed by atoms with Crippen LogP contribution in [0.15, 0.2) is 36.4 Å². The number of hydrogen-bond donors (Lipinski definition) is 1. The van der Waals surface area contributed by atoms with Crippen LogP contribution >= 0.6 is 0 Å². The fourth-order valence-corrected chi connectivity index (χ4v) is 4.86. The van der Waals surface area contributed by atoms with Gasteiger partial charge in [-0.15, -0.1) is 0 Å². The second kappa shape index (κ2) is 9.33. The van der Waals surface area contributed by atoms with Gasteiger partial charge < -0.3 is 19.5 Å². The van der Waals surface area contributed by atoms with Crippen molar-refractivity contribution in [3.8, 4) is 11.1 Å². The Hall–Kier alpha value is -2.85. The average molecular weight is 464 g/mol. The average Bonchev–Trinajstić information content (AvgIpc) is 3.13. The summed E-state index contributed by atoms with van der Waals surface area (Å²) < 4.78 is 46.4. The van der Waals surface area contributed by atoms with Crippen molar-refractivity contribution in [2.24, 2.45) is 0 Å². The molecule has 2 amide bonds. The summed E-state index contributed by atoms with van der Waals surface area (Å²) in [6, 6.07) is 8.83. The van der Waals surface area contributed by atoms with Gasteiger partial charge in [-0.25, -0.2) is 13.6 Å². The van der Waals surface area contributed by atoms with Gasteiger partial charge in [0.25, 0.3) is 0 Å². The van der Waals surface area contributed by atoms with Gasteiger partial charge in [-0.1, -0.05) is 17.2 Å². The highest BCUT2D eigenvalue weighted by Crippen LogP contribution is 2.32. The first-order valence-corrected chi connectivity index (χ1v) is 11.7. The van der Waals surface area contributed by atoms with Crippen molar-refractivity contribution >= 4 is 34.6 Å². The normalized spacial score (nSPS) is 19.2. The Morgan fingerprint density at radius 1 is 1.19 bits per heavy atom. The molecular formula is C22H23F2N3O4S. The van der Waals surface area contributed by atoms with E-state index in [1.165, 1.54) is 30.0 Å². The molecule has 2 aliphatic heterocycles. The molecule has 2 heterocycles. The number of cyclic esters (lactones) is 1. The highest BCUT2D eigenvalue weighted by Gasteiger charge is 2.32. The Morgan fingerprint density at radius 3 is 2.59 bits per heavy atom. The van der Waals surface area contributed by atoms with Crippen molar-refractivity contribution < 1.29 is 27.7 Å². The van der Waals surface area contributed by atoms with Gasteiger partial charge in [0.1, 0.15) is 29.2 Å². The Labute approximate surface area is 187 Å². The fraction of sp³-hybridized carbons (Fsp3) is 0.364. The van der Waals surface area contributed by atoms with Crippen molar-refractivity contribution in [3.63, 3.8) is 0 Å². The molecule has 10 heteroatoms. The first-order chi connectivity index (χ1) is 15.3. The topological polar surface area (TPSA) is 84.9 Å². The van der Waals surface area contributed by atoms with E-state index in [-0.39, 0.29) is 24.6 Å². The van der Waals surface area contributed by atoms with E-state index in [0.717, 1.165) is 0 Å². The van der Waals surface area contributed by atoms with Gasteiger partial charge in [-0.05, 0) is 35.9 Å². The van der Waals surface area contributed by atoms with Crippen LogP contribution < -0.4 is 15.1 Å². The van der Waals surface area contributed by atoms with E-state index in [1.54, 1.807) is 18.2 Å². The van der Waals surface area contributed by atoms with Gasteiger partial charge in [0.05, 0.1) is 37.6 Å². The van der Waals surface area contributed by atoms with Crippen molar-refractivity contribution in [2.45, 2.75) is 13.0 Å². The lowest BCUT2D eigenvalue weighted by atomic mass is 10.0. The van der Waals surface area contributed by atoms with Gasteiger partial charge >= 0.3 is 6.09 Å². The van der Waals surface area contributed by atoms with E-state index in [9.17, 15) is 22.9 Å².